The van der Waals surface area contributed by atoms with Gasteiger partial charge in [0, 0.05) is 7.05 Å². The monoisotopic (exact) mass is 183 g/mol. The lowest BCUT2D eigenvalue weighted by atomic mass is 10.4. The first-order chi connectivity index (χ1) is 6.19. The molecule has 1 rings (SSSR count). The Morgan fingerprint density at radius 1 is 1.69 bits per heavy atom. The molecule has 0 bridgehead atoms. The summed E-state index contributed by atoms with van der Waals surface area (Å²) in [6.45, 7) is 0. The molecule has 0 radical (unpaired) electrons. The quantitative estimate of drug-likeness (QED) is 0.559. The van der Waals surface area contributed by atoms with E-state index < -0.39 is 4.92 Å². The molecule has 70 valence electrons. The van der Waals surface area contributed by atoms with Gasteiger partial charge in [-0.15, -0.1) is 0 Å². The molecule has 0 saturated carbocycles. The summed E-state index contributed by atoms with van der Waals surface area (Å²) >= 11 is 0. The molecule has 0 aliphatic carbocycles. The molecule has 0 aliphatic rings. The van der Waals surface area contributed by atoms with Gasteiger partial charge in [-0.1, -0.05) is 0 Å². The standard InChI is InChI=1S/C7H9N3O3/c1-8-7-6(10(11)12)3-5(13-2)4-9-7/h3-4H,1-2H3,(H,8,9). The van der Waals surface area contributed by atoms with E-state index in [9.17, 15) is 10.1 Å². The van der Waals surface area contributed by atoms with Crippen LogP contribution in [-0.2, 0) is 0 Å². The summed E-state index contributed by atoms with van der Waals surface area (Å²) in [5, 5.41) is 13.1. The topological polar surface area (TPSA) is 77.3 Å². The average molecular weight is 183 g/mol. The zero-order valence-corrected chi connectivity index (χ0v) is 7.27. The maximum Gasteiger partial charge on any atom is 0.315 e. The fraction of sp³-hybridized carbons (Fsp3) is 0.286. The number of ether oxygens (including phenoxy) is 1. The Bertz CT molecular complexity index is 327. The summed E-state index contributed by atoms with van der Waals surface area (Å²) in [6.07, 6.45) is 1.42. The van der Waals surface area contributed by atoms with Crippen LogP contribution in [0.5, 0.6) is 5.75 Å². The molecule has 0 saturated heterocycles. The number of hydrogen-bond donors (Lipinski definition) is 1. The van der Waals surface area contributed by atoms with Crippen molar-refractivity contribution < 1.29 is 9.66 Å². The number of methoxy groups -OCH3 is 1. The van der Waals surface area contributed by atoms with Gasteiger partial charge in [0.15, 0.2) is 0 Å². The lowest BCUT2D eigenvalue weighted by molar-refractivity contribution is -0.384. The van der Waals surface area contributed by atoms with E-state index in [-0.39, 0.29) is 11.5 Å². The first kappa shape index (κ1) is 9.24. The van der Waals surface area contributed by atoms with Gasteiger partial charge in [-0.2, -0.15) is 0 Å². The summed E-state index contributed by atoms with van der Waals surface area (Å²) < 4.78 is 4.81. The van der Waals surface area contributed by atoms with Crippen LogP contribution in [0.3, 0.4) is 0 Å². The van der Waals surface area contributed by atoms with Crippen molar-refractivity contribution in [3.8, 4) is 5.75 Å². The Hall–Kier alpha value is -1.85. The smallest absolute Gasteiger partial charge is 0.315 e. The van der Waals surface area contributed by atoms with Gasteiger partial charge >= 0.3 is 5.69 Å². The van der Waals surface area contributed by atoms with E-state index in [0.717, 1.165) is 0 Å². The number of nitrogens with zero attached hydrogens (tertiary/aromatic N) is 2. The van der Waals surface area contributed by atoms with Crippen molar-refractivity contribution in [2.45, 2.75) is 0 Å². The van der Waals surface area contributed by atoms with Crippen LogP contribution >= 0.6 is 0 Å². The number of anilines is 1. The number of aromatic nitrogens is 1. The van der Waals surface area contributed by atoms with Gasteiger partial charge in [0.1, 0.15) is 5.75 Å². The summed E-state index contributed by atoms with van der Waals surface area (Å²) in [5.41, 5.74) is -0.0955. The van der Waals surface area contributed by atoms with Crippen LogP contribution in [0.1, 0.15) is 0 Å². The Kier molecular flexibility index (Phi) is 2.63. The van der Waals surface area contributed by atoms with Crippen molar-refractivity contribution in [3.63, 3.8) is 0 Å². The summed E-state index contributed by atoms with van der Waals surface area (Å²) in [6, 6.07) is 1.32. The van der Waals surface area contributed by atoms with Crippen LogP contribution in [0, 0.1) is 10.1 Å². The van der Waals surface area contributed by atoms with E-state index in [0.29, 0.717) is 5.75 Å². The Balaban J connectivity index is 3.18. The van der Waals surface area contributed by atoms with Gasteiger partial charge in [-0.05, 0) is 0 Å². The Morgan fingerprint density at radius 3 is 2.85 bits per heavy atom. The van der Waals surface area contributed by atoms with E-state index >= 15 is 0 Å². The molecule has 0 amide bonds. The highest BCUT2D eigenvalue weighted by Gasteiger charge is 2.14. The first-order valence-corrected chi connectivity index (χ1v) is 3.55. The molecule has 0 aliphatic heterocycles. The van der Waals surface area contributed by atoms with Crippen LogP contribution < -0.4 is 10.1 Å². The van der Waals surface area contributed by atoms with E-state index in [2.05, 4.69) is 10.3 Å². The second-order valence-corrected chi connectivity index (χ2v) is 2.25. The number of hydrogen-bond acceptors (Lipinski definition) is 5. The van der Waals surface area contributed by atoms with Crippen LogP contribution in [-0.4, -0.2) is 24.1 Å². The van der Waals surface area contributed by atoms with E-state index in [4.69, 9.17) is 4.74 Å². The summed E-state index contributed by atoms with van der Waals surface area (Å²) in [7, 11) is 3.00. The van der Waals surface area contributed by atoms with Gasteiger partial charge in [0.05, 0.1) is 24.3 Å². The third kappa shape index (κ3) is 1.84. The molecule has 1 aromatic heterocycles. The van der Waals surface area contributed by atoms with Gasteiger partial charge in [0.2, 0.25) is 5.82 Å². The largest absolute Gasteiger partial charge is 0.495 e. The van der Waals surface area contributed by atoms with Crippen LogP contribution in [0.2, 0.25) is 0 Å². The van der Waals surface area contributed by atoms with Gasteiger partial charge in [0.25, 0.3) is 0 Å². The number of nitrogens with one attached hydrogen (secondary N) is 1. The van der Waals surface area contributed by atoms with E-state index in [1.807, 2.05) is 0 Å². The lowest BCUT2D eigenvalue weighted by Crippen LogP contribution is -1.99. The number of pyridine rings is 1. The molecule has 6 nitrogen and oxygen atoms in total. The average Bonchev–Trinajstić information content (AvgIpc) is 2.16. The first-order valence-electron chi connectivity index (χ1n) is 3.55. The van der Waals surface area contributed by atoms with Gasteiger partial charge in [-0.25, -0.2) is 4.98 Å². The molecule has 13 heavy (non-hydrogen) atoms. The van der Waals surface area contributed by atoms with Crippen molar-refractivity contribution in [1.82, 2.24) is 4.98 Å². The minimum atomic E-state index is -0.513. The third-order valence-electron chi connectivity index (χ3n) is 1.51. The fourth-order valence-electron chi connectivity index (χ4n) is 0.878. The molecule has 0 unspecified atom stereocenters. The fourth-order valence-corrected chi connectivity index (χ4v) is 0.878. The second kappa shape index (κ2) is 3.70. The summed E-state index contributed by atoms with van der Waals surface area (Å²) in [4.78, 5) is 13.8. The normalized spacial score (nSPS) is 9.38. The molecule has 0 atom stereocenters. The zero-order chi connectivity index (χ0) is 9.84. The predicted octanol–water partition coefficient (Wildman–Crippen LogP) is 1.04. The van der Waals surface area contributed by atoms with Crippen LogP contribution in [0.4, 0.5) is 11.5 Å². The minimum Gasteiger partial charge on any atom is -0.495 e. The molecular formula is C7H9N3O3. The number of nitro groups is 1. The predicted molar refractivity (Wildman–Crippen MR) is 47.0 cm³/mol. The molecule has 1 heterocycles. The van der Waals surface area contributed by atoms with Crippen molar-refractivity contribution in [3.05, 3.63) is 22.4 Å². The highest BCUT2D eigenvalue weighted by molar-refractivity contribution is 5.57. The summed E-state index contributed by atoms with van der Waals surface area (Å²) in [5.74, 6) is 0.594. The van der Waals surface area contributed by atoms with E-state index in [1.54, 1.807) is 7.05 Å². The zero-order valence-electron chi connectivity index (χ0n) is 7.27. The maximum atomic E-state index is 10.5. The minimum absolute atomic E-state index is 0.0955. The maximum absolute atomic E-state index is 10.5. The third-order valence-corrected chi connectivity index (χ3v) is 1.51. The molecule has 1 aromatic rings. The molecule has 0 aromatic carbocycles. The number of rotatable bonds is 3. The molecule has 0 spiro atoms. The second-order valence-electron chi connectivity index (χ2n) is 2.25. The Labute approximate surface area is 74.7 Å². The van der Waals surface area contributed by atoms with Gasteiger partial charge in [-0.3, -0.25) is 10.1 Å². The van der Waals surface area contributed by atoms with Gasteiger partial charge < -0.3 is 10.1 Å². The van der Waals surface area contributed by atoms with Crippen LogP contribution in [0.25, 0.3) is 0 Å². The van der Waals surface area contributed by atoms with Crippen LogP contribution in [0.15, 0.2) is 12.3 Å². The molecule has 0 fully saturated rings. The molecule has 6 heteroatoms. The molecule has 1 N–H and O–H groups in total. The highest BCUT2D eigenvalue weighted by Crippen LogP contribution is 2.25. The highest BCUT2D eigenvalue weighted by atomic mass is 16.6. The lowest BCUT2D eigenvalue weighted by Gasteiger charge is -2.02. The van der Waals surface area contributed by atoms with Crippen molar-refractivity contribution >= 4 is 11.5 Å². The molecular weight excluding hydrogens is 174 g/mol. The van der Waals surface area contributed by atoms with E-state index in [1.165, 1.54) is 19.4 Å². The Morgan fingerprint density at radius 2 is 2.38 bits per heavy atom. The van der Waals surface area contributed by atoms with Crippen molar-refractivity contribution in [1.29, 1.82) is 0 Å². The van der Waals surface area contributed by atoms with Crippen molar-refractivity contribution in [2.24, 2.45) is 0 Å². The SMILES string of the molecule is CNc1ncc(OC)cc1[N+](=O)[O-]. The van der Waals surface area contributed by atoms with Crippen molar-refractivity contribution in [2.75, 3.05) is 19.5 Å².